The average Bonchev–Trinajstić information content (AvgIpc) is 2.79. The number of hydrogen-bond donors (Lipinski definition) is 3. The number of amides is 2. The van der Waals surface area contributed by atoms with Gasteiger partial charge in [0, 0.05) is 18.6 Å². The minimum atomic E-state index is -1.26. The lowest BCUT2D eigenvalue weighted by atomic mass is 10.0. The second-order valence-corrected chi connectivity index (χ2v) is 4.51. The van der Waals surface area contributed by atoms with Crippen molar-refractivity contribution in [2.75, 3.05) is 26.3 Å². The van der Waals surface area contributed by atoms with Gasteiger partial charge in [-0.2, -0.15) is 0 Å². The van der Waals surface area contributed by atoms with E-state index in [1.54, 1.807) is 6.92 Å². The van der Waals surface area contributed by atoms with Crippen LogP contribution in [0.4, 0.5) is 4.79 Å². The SMILES string of the molecule is CC(NC(=O)N(CC(=O)O)CC(=O)O)C1CCOC1. The first kappa shape index (κ1) is 15.2. The highest BCUT2D eigenvalue weighted by molar-refractivity contribution is 5.84. The molecule has 1 fully saturated rings. The van der Waals surface area contributed by atoms with Gasteiger partial charge in [-0.3, -0.25) is 9.59 Å². The second-order valence-electron chi connectivity index (χ2n) is 4.51. The fourth-order valence-corrected chi connectivity index (χ4v) is 1.88. The summed E-state index contributed by atoms with van der Waals surface area (Å²) in [7, 11) is 0. The molecule has 2 amide bonds. The highest BCUT2D eigenvalue weighted by Crippen LogP contribution is 2.16. The van der Waals surface area contributed by atoms with Gasteiger partial charge in [0.1, 0.15) is 13.1 Å². The molecule has 8 heteroatoms. The lowest BCUT2D eigenvalue weighted by Crippen LogP contribution is -2.49. The van der Waals surface area contributed by atoms with Crippen molar-refractivity contribution in [1.29, 1.82) is 0 Å². The van der Waals surface area contributed by atoms with Crippen molar-refractivity contribution in [2.45, 2.75) is 19.4 Å². The molecule has 1 aliphatic heterocycles. The standard InChI is InChI=1S/C11H18N2O6/c1-7(8-2-3-19-6-8)12-11(18)13(4-9(14)15)5-10(16)17/h7-8H,2-6H2,1H3,(H,12,18)(H,14,15)(H,16,17). The molecule has 0 aliphatic carbocycles. The maximum absolute atomic E-state index is 11.8. The molecule has 0 radical (unpaired) electrons. The van der Waals surface area contributed by atoms with Gasteiger partial charge in [0.15, 0.2) is 0 Å². The first-order chi connectivity index (χ1) is 8.90. The van der Waals surface area contributed by atoms with E-state index in [0.29, 0.717) is 13.2 Å². The van der Waals surface area contributed by atoms with Gasteiger partial charge >= 0.3 is 18.0 Å². The van der Waals surface area contributed by atoms with Crippen LogP contribution in [0.2, 0.25) is 0 Å². The van der Waals surface area contributed by atoms with Gasteiger partial charge in [-0.05, 0) is 13.3 Å². The summed E-state index contributed by atoms with van der Waals surface area (Å²) in [6.45, 7) is 1.67. The van der Waals surface area contributed by atoms with Crippen LogP contribution >= 0.6 is 0 Å². The van der Waals surface area contributed by atoms with Crippen molar-refractivity contribution < 1.29 is 29.3 Å². The van der Waals surface area contributed by atoms with Gasteiger partial charge in [-0.1, -0.05) is 0 Å². The molecule has 3 N–H and O–H groups in total. The highest BCUT2D eigenvalue weighted by atomic mass is 16.5. The molecule has 2 unspecified atom stereocenters. The molecule has 0 saturated carbocycles. The molecule has 0 aromatic heterocycles. The Bertz CT molecular complexity index is 337. The molecule has 0 spiro atoms. The fraction of sp³-hybridized carbons (Fsp3) is 0.727. The van der Waals surface area contributed by atoms with E-state index in [2.05, 4.69) is 5.32 Å². The van der Waals surface area contributed by atoms with Crippen molar-refractivity contribution in [1.82, 2.24) is 10.2 Å². The number of rotatable bonds is 6. The summed E-state index contributed by atoms with van der Waals surface area (Å²) in [6, 6.07) is -0.885. The van der Waals surface area contributed by atoms with E-state index >= 15 is 0 Å². The molecule has 1 aliphatic rings. The molecule has 1 rings (SSSR count). The number of carbonyl (C=O) groups excluding carboxylic acids is 1. The summed E-state index contributed by atoms with van der Waals surface area (Å²) in [4.78, 5) is 33.8. The lowest BCUT2D eigenvalue weighted by Gasteiger charge is -2.24. The molecule has 2 atom stereocenters. The fourth-order valence-electron chi connectivity index (χ4n) is 1.88. The average molecular weight is 274 g/mol. The van der Waals surface area contributed by atoms with E-state index in [1.807, 2.05) is 0 Å². The maximum atomic E-state index is 11.8. The van der Waals surface area contributed by atoms with Crippen molar-refractivity contribution in [3.05, 3.63) is 0 Å². The molecule has 8 nitrogen and oxygen atoms in total. The van der Waals surface area contributed by atoms with Gasteiger partial charge in [-0.15, -0.1) is 0 Å². The first-order valence-electron chi connectivity index (χ1n) is 5.97. The zero-order valence-electron chi connectivity index (χ0n) is 10.7. The molecule has 0 aromatic carbocycles. The quantitative estimate of drug-likeness (QED) is 0.606. The monoisotopic (exact) mass is 274 g/mol. The smallest absolute Gasteiger partial charge is 0.323 e. The number of ether oxygens (including phenoxy) is 1. The van der Waals surface area contributed by atoms with E-state index < -0.39 is 31.1 Å². The molecule has 108 valence electrons. The molecule has 0 bridgehead atoms. The summed E-state index contributed by atoms with van der Waals surface area (Å²) in [5.74, 6) is -2.35. The van der Waals surface area contributed by atoms with Gasteiger partial charge in [0.25, 0.3) is 0 Å². The molecule has 1 saturated heterocycles. The number of carboxylic acid groups (broad SMARTS) is 2. The number of urea groups is 1. The van der Waals surface area contributed by atoms with Crippen molar-refractivity contribution in [2.24, 2.45) is 5.92 Å². The van der Waals surface area contributed by atoms with Gasteiger partial charge in [-0.25, -0.2) is 4.79 Å². The van der Waals surface area contributed by atoms with Crippen LogP contribution in [0.3, 0.4) is 0 Å². The second kappa shape index (κ2) is 6.93. The Labute approximate surface area is 110 Å². The summed E-state index contributed by atoms with van der Waals surface area (Å²) in [5, 5.41) is 19.9. The Morgan fingerprint density at radius 2 is 1.89 bits per heavy atom. The van der Waals surface area contributed by atoms with Crippen LogP contribution in [0, 0.1) is 5.92 Å². The zero-order chi connectivity index (χ0) is 14.4. The van der Waals surface area contributed by atoms with E-state index in [9.17, 15) is 14.4 Å². The summed E-state index contributed by atoms with van der Waals surface area (Å²) < 4.78 is 5.20. The number of hydrogen-bond acceptors (Lipinski definition) is 4. The van der Waals surface area contributed by atoms with Crippen LogP contribution in [0.1, 0.15) is 13.3 Å². The van der Waals surface area contributed by atoms with E-state index in [4.69, 9.17) is 14.9 Å². The Kier molecular flexibility index (Phi) is 5.56. The Morgan fingerprint density at radius 1 is 1.32 bits per heavy atom. The molecular formula is C11H18N2O6. The first-order valence-corrected chi connectivity index (χ1v) is 5.97. The van der Waals surface area contributed by atoms with Crippen molar-refractivity contribution in [3.8, 4) is 0 Å². The number of aliphatic carboxylic acids is 2. The number of carboxylic acids is 2. The molecule has 19 heavy (non-hydrogen) atoms. The zero-order valence-corrected chi connectivity index (χ0v) is 10.7. The topological polar surface area (TPSA) is 116 Å². The largest absolute Gasteiger partial charge is 0.480 e. The Balaban J connectivity index is 2.54. The summed E-state index contributed by atoms with van der Waals surface area (Å²) >= 11 is 0. The van der Waals surface area contributed by atoms with Crippen molar-refractivity contribution in [3.63, 3.8) is 0 Å². The predicted molar refractivity (Wildman–Crippen MR) is 63.8 cm³/mol. The van der Waals surface area contributed by atoms with Crippen LogP contribution in [0.15, 0.2) is 0 Å². The predicted octanol–water partition coefficient (Wildman–Crippen LogP) is -0.408. The Hall–Kier alpha value is -1.83. The summed E-state index contributed by atoms with van der Waals surface area (Å²) in [5.41, 5.74) is 0. The van der Waals surface area contributed by atoms with Crippen molar-refractivity contribution >= 4 is 18.0 Å². The number of nitrogens with one attached hydrogen (secondary N) is 1. The molecule has 1 heterocycles. The third-order valence-corrected chi connectivity index (χ3v) is 2.96. The minimum absolute atomic E-state index is 0.167. The number of carbonyl (C=O) groups is 3. The van der Waals surface area contributed by atoms with Crippen LogP contribution in [-0.2, 0) is 14.3 Å². The normalized spacial score (nSPS) is 19.7. The molecule has 0 aromatic rings. The third-order valence-electron chi connectivity index (χ3n) is 2.96. The summed E-state index contributed by atoms with van der Waals surface area (Å²) in [6.07, 6.45) is 0.819. The third kappa shape index (κ3) is 5.12. The lowest BCUT2D eigenvalue weighted by molar-refractivity contribution is -0.140. The Morgan fingerprint density at radius 3 is 2.32 bits per heavy atom. The maximum Gasteiger partial charge on any atom is 0.323 e. The highest BCUT2D eigenvalue weighted by Gasteiger charge is 2.26. The van der Waals surface area contributed by atoms with Crippen LogP contribution in [0.5, 0.6) is 0 Å². The molecular weight excluding hydrogens is 256 g/mol. The number of nitrogens with zero attached hydrogens (tertiary/aromatic N) is 1. The van der Waals surface area contributed by atoms with Crippen LogP contribution in [-0.4, -0.2) is 65.4 Å². The van der Waals surface area contributed by atoms with E-state index in [1.165, 1.54) is 0 Å². The van der Waals surface area contributed by atoms with Crippen LogP contribution in [0.25, 0.3) is 0 Å². The van der Waals surface area contributed by atoms with E-state index in [0.717, 1.165) is 11.3 Å². The van der Waals surface area contributed by atoms with Gasteiger partial charge in [0.05, 0.1) is 6.61 Å². The van der Waals surface area contributed by atoms with Crippen LogP contribution < -0.4 is 5.32 Å². The van der Waals surface area contributed by atoms with Gasteiger partial charge in [0.2, 0.25) is 0 Å². The van der Waals surface area contributed by atoms with Gasteiger partial charge < -0.3 is 25.2 Å². The minimum Gasteiger partial charge on any atom is -0.480 e. The van der Waals surface area contributed by atoms with E-state index in [-0.39, 0.29) is 12.0 Å².